The second kappa shape index (κ2) is 12.1. The van der Waals surface area contributed by atoms with Crippen molar-refractivity contribution in [2.24, 2.45) is 0 Å². The Labute approximate surface area is 191 Å². The van der Waals surface area contributed by atoms with Crippen LogP contribution in [0.15, 0.2) is 72.8 Å². The molecule has 4 nitrogen and oxygen atoms in total. The van der Waals surface area contributed by atoms with Crippen LogP contribution in [-0.2, 0) is 11.2 Å². The molecular weight excluding hydrogens is 400 g/mol. The predicted octanol–water partition coefficient (Wildman–Crippen LogP) is 6.72. The van der Waals surface area contributed by atoms with Crippen LogP contribution >= 0.6 is 0 Å². The van der Waals surface area contributed by atoms with Crippen molar-refractivity contribution in [3.05, 3.63) is 83.9 Å². The number of carbonyl (C=O) groups excluding carboxylic acids is 1. The number of esters is 1. The van der Waals surface area contributed by atoms with Gasteiger partial charge in [0.1, 0.15) is 17.6 Å². The maximum Gasteiger partial charge on any atom is 0.343 e. The Morgan fingerprint density at radius 2 is 1.41 bits per heavy atom. The van der Waals surface area contributed by atoms with E-state index in [2.05, 4.69) is 31.2 Å². The topological polar surface area (TPSA) is 44.8 Å². The summed E-state index contributed by atoms with van der Waals surface area (Å²) in [6, 6.07) is 23.2. The number of carbonyl (C=O) groups is 1. The molecule has 0 fully saturated rings. The molecule has 0 aliphatic carbocycles. The molecule has 3 aromatic rings. The van der Waals surface area contributed by atoms with Gasteiger partial charge in [0.25, 0.3) is 0 Å². The van der Waals surface area contributed by atoms with E-state index in [9.17, 15) is 4.79 Å². The molecule has 1 unspecified atom stereocenters. The first kappa shape index (κ1) is 23.6. The van der Waals surface area contributed by atoms with Crippen LogP contribution in [0.1, 0.15) is 49.0 Å². The van der Waals surface area contributed by atoms with E-state index in [1.165, 1.54) is 24.8 Å². The smallest absolute Gasteiger partial charge is 0.343 e. The van der Waals surface area contributed by atoms with Crippen molar-refractivity contribution >= 4 is 5.97 Å². The van der Waals surface area contributed by atoms with Crippen molar-refractivity contribution in [1.82, 2.24) is 0 Å². The molecule has 3 rings (SSSR count). The van der Waals surface area contributed by atoms with Crippen molar-refractivity contribution in [2.75, 3.05) is 13.7 Å². The first-order valence-electron chi connectivity index (χ1n) is 11.3. The Balaban J connectivity index is 1.57. The van der Waals surface area contributed by atoms with E-state index in [0.29, 0.717) is 23.7 Å². The third-order valence-electron chi connectivity index (χ3n) is 5.25. The fourth-order valence-corrected chi connectivity index (χ4v) is 3.50. The zero-order valence-corrected chi connectivity index (χ0v) is 19.2. The highest BCUT2D eigenvalue weighted by atomic mass is 16.5. The summed E-state index contributed by atoms with van der Waals surface area (Å²) in [6.07, 6.45) is 4.81. The van der Waals surface area contributed by atoms with Gasteiger partial charge in [-0.05, 0) is 72.9 Å². The van der Waals surface area contributed by atoms with Gasteiger partial charge in [-0.25, -0.2) is 4.79 Å². The van der Waals surface area contributed by atoms with E-state index in [1.54, 1.807) is 43.5 Å². The van der Waals surface area contributed by atoms with Crippen molar-refractivity contribution in [3.8, 4) is 22.6 Å². The Morgan fingerprint density at radius 3 is 2.00 bits per heavy atom. The number of aryl methyl sites for hydroxylation is 1. The first-order chi connectivity index (χ1) is 15.6. The molecule has 0 radical (unpaired) electrons. The summed E-state index contributed by atoms with van der Waals surface area (Å²) >= 11 is 0. The van der Waals surface area contributed by atoms with Crippen LogP contribution in [0.4, 0.5) is 0 Å². The van der Waals surface area contributed by atoms with Gasteiger partial charge >= 0.3 is 5.97 Å². The summed E-state index contributed by atoms with van der Waals surface area (Å²) < 4.78 is 16.3. The van der Waals surface area contributed by atoms with Crippen LogP contribution in [0, 0.1) is 0 Å². The second-order valence-corrected chi connectivity index (χ2v) is 7.98. The molecule has 0 amide bonds. The van der Waals surface area contributed by atoms with Crippen LogP contribution in [0.2, 0.25) is 0 Å². The van der Waals surface area contributed by atoms with Gasteiger partial charge in [-0.15, -0.1) is 0 Å². The highest BCUT2D eigenvalue weighted by molar-refractivity contribution is 5.91. The lowest BCUT2D eigenvalue weighted by Crippen LogP contribution is -2.17. The maximum atomic E-state index is 12.5. The molecule has 32 heavy (non-hydrogen) atoms. The Hall–Kier alpha value is -3.11. The van der Waals surface area contributed by atoms with Gasteiger partial charge in [0.2, 0.25) is 0 Å². The molecule has 0 spiro atoms. The summed E-state index contributed by atoms with van der Waals surface area (Å²) in [5.41, 5.74) is 4.10. The average molecular weight is 433 g/mol. The predicted molar refractivity (Wildman–Crippen MR) is 128 cm³/mol. The minimum absolute atomic E-state index is 0.0517. The molecule has 3 aromatic carbocycles. The van der Waals surface area contributed by atoms with Crippen LogP contribution in [0.5, 0.6) is 11.5 Å². The molecule has 0 aliphatic heterocycles. The Bertz CT molecular complexity index is 960. The number of hydrogen-bond acceptors (Lipinski definition) is 4. The third kappa shape index (κ3) is 6.96. The average Bonchev–Trinajstić information content (AvgIpc) is 2.81. The molecule has 0 aliphatic rings. The maximum absolute atomic E-state index is 12.5. The lowest BCUT2D eigenvalue weighted by atomic mass is 10.0. The fraction of sp³-hybridized carbons (Fsp3) is 0.321. The quantitative estimate of drug-likeness (QED) is 0.192. The van der Waals surface area contributed by atoms with Crippen molar-refractivity contribution in [2.45, 2.75) is 45.6 Å². The zero-order chi connectivity index (χ0) is 22.8. The Morgan fingerprint density at radius 1 is 0.812 bits per heavy atom. The van der Waals surface area contributed by atoms with Crippen LogP contribution in [-0.4, -0.2) is 25.8 Å². The van der Waals surface area contributed by atoms with Gasteiger partial charge in [0.05, 0.1) is 12.2 Å². The molecule has 0 saturated heterocycles. The van der Waals surface area contributed by atoms with Crippen LogP contribution < -0.4 is 9.47 Å². The highest BCUT2D eigenvalue weighted by Crippen LogP contribution is 2.23. The van der Waals surface area contributed by atoms with Gasteiger partial charge in [-0.1, -0.05) is 56.2 Å². The minimum atomic E-state index is -0.385. The SMILES string of the molecule is CCCCCc1ccc(-c2ccc(C(=O)Oc3ccc(OC(C)COC)cc3)cc2)cc1. The summed E-state index contributed by atoms with van der Waals surface area (Å²) in [7, 11) is 1.64. The van der Waals surface area contributed by atoms with Crippen molar-refractivity contribution < 1.29 is 19.0 Å². The van der Waals surface area contributed by atoms with Crippen LogP contribution in [0.25, 0.3) is 11.1 Å². The third-order valence-corrected chi connectivity index (χ3v) is 5.25. The van der Waals surface area contributed by atoms with Gasteiger partial charge in [0, 0.05) is 7.11 Å². The van der Waals surface area contributed by atoms with Crippen LogP contribution in [0.3, 0.4) is 0 Å². The molecule has 0 N–H and O–H groups in total. The molecular formula is C28H32O4. The van der Waals surface area contributed by atoms with E-state index in [-0.39, 0.29) is 12.1 Å². The summed E-state index contributed by atoms with van der Waals surface area (Å²) in [4.78, 5) is 12.5. The van der Waals surface area contributed by atoms with E-state index < -0.39 is 0 Å². The molecule has 4 heteroatoms. The number of ether oxygens (including phenoxy) is 3. The summed E-state index contributed by atoms with van der Waals surface area (Å²) in [5, 5.41) is 0. The normalized spacial score (nSPS) is 11.7. The molecule has 0 heterocycles. The van der Waals surface area contributed by atoms with Crippen molar-refractivity contribution in [3.63, 3.8) is 0 Å². The number of unbranched alkanes of at least 4 members (excludes halogenated alkanes) is 2. The summed E-state index contributed by atoms with van der Waals surface area (Å²) in [5.74, 6) is 0.795. The molecule has 168 valence electrons. The lowest BCUT2D eigenvalue weighted by molar-refractivity contribution is 0.0733. The molecule has 1 atom stereocenters. The monoisotopic (exact) mass is 432 g/mol. The van der Waals surface area contributed by atoms with E-state index in [1.807, 2.05) is 19.1 Å². The minimum Gasteiger partial charge on any atom is -0.488 e. The molecule has 0 bridgehead atoms. The van der Waals surface area contributed by atoms with Gasteiger partial charge in [-0.3, -0.25) is 0 Å². The Kier molecular flexibility index (Phi) is 8.88. The van der Waals surface area contributed by atoms with Gasteiger partial charge in [-0.2, -0.15) is 0 Å². The molecule has 0 saturated carbocycles. The lowest BCUT2D eigenvalue weighted by Gasteiger charge is -2.13. The van der Waals surface area contributed by atoms with E-state index >= 15 is 0 Å². The summed E-state index contributed by atoms with van der Waals surface area (Å²) in [6.45, 7) is 4.66. The van der Waals surface area contributed by atoms with Gasteiger partial charge in [0.15, 0.2) is 0 Å². The standard InChI is InChI=1S/C28H32O4/c1-4-5-6-7-22-8-10-23(11-9-22)24-12-14-25(15-13-24)28(29)32-27-18-16-26(17-19-27)31-21(2)20-30-3/h8-19,21H,4-7,20H2,1-3H3. The number of methoxy groups -OCH3 is 1. The number of hydrogen-bond donors (Lipinski definition) is 0. The van der Waals surface area contributed by atoms with Gasteiger partial charge < -0.3 is 14.2 Å². The van der Waals surface area contributed by atoms with E-state index in [0.717, 1.165) is 17.5 Å². The van der Waals surface area contributed by atoms with Crippen molar-refractivity contribution in [1.29, 1.82) is 0 Å². The molecule has 0 aromatic heterocycles. The highest BCUT2D eigenvalue weighted by Gasteiger charge is 2.10. The zero-order valence-electron chi connectivity index (χ0n) is 19.2. The fourth-order valence-electron chi connectivity index (χ4n) is 3.50. The number of rotatable bonds is 11. The largest absolute Gasteiger partial charge is 0.488 e. The number of benzene rings is 3. The van der Waals surface area contributed by atoms with E-state index in [4.69, 9.17) is 14.2 Å². The second-order valence-electron chi connectivity index (χ2n) is 7.98. The first-order valence-corrected chi connectivity index (χ1v) is 11.3.